The Bertz CT molecular complexity index is 282. The van der Waals surface area contributed by atoms with Gasteiger partial charge in [0.2, 0.25) is 0 Å². The van der Waals surface area contributed by atoms with Crippen LogP contribution in [-0.2, 0) is 0 Å². The fraction of sp³-hybridized carbons (Fsp3) is 0.933. The third-order valence-electron chi connectivity index (χ3n) is 6.89. The Morgan fingerprint density at radius 1 is 0.333 bits per heavy atom. The van der Waals surface area contributed by atoms with E-state index in [0.717, 1.165) is 18.8 Å². The van der Waals surface area contributed by atoms with Gasteiger partial charge in [0.15, 0.2) is 0 Å². The van der Waals surface area contributed by atoms with Crippen molar-refractivity contribution in [3.05, 3.63) is 13.8 Å². The molecule has 0 aliphatic rings. The molecule has 0 N–H and O–H groups in total. The number of rotatable bonds is 26. The van der Waals surface area contributed by atoms with Crippen molar-refractivity contribution >= 4 is 0 Å². The molecule has 0 heteroatoms. The minimum absolute atomic E-state index is 0.959. The van der Waals surface area contributed by atoms with Crippen LogP contribution in [0, 0.1) is 19.8 Å². The molecule has 180 valence electrons. The zero-order valence-electron chi connectivity index (χ0n) is 21.4. The minimum Gasteiger partial charge on any atom is -0.0625 e. The summed E-state index contributed by atoms with van der Waals surface area (Å²) in [5.41, 5.74) is 0. The van der Waals surface area contributed by atoms with Crippen LogP contribution in [0.4, 0.5) is 0 Å². The molecule has 1 unspecified atom stereocenters. The summed E-state index contributed by atoms with van der Waals surface area (Å²) in [6, 6.07) is 0. The molecule has 0 saturated heterocycles. The molecule has 1 atom stereocenters. The van der Waals surface area contributed by atoms with Crippen LogP contribution in [0.3, 0.4) is 0 Å². The quantitative estimate of drug-likeness (QED) is 0.122. The first kappa shape index (κ1) is 30.0. The predicted molar refractivity (Wildman–Crippen MR) is 140 cm³/mol. The van der Waals surface area contributed by atoms with Crippen LogP contribution in [0.15, 0.2) is 0 Å². The molecule has 0 aliphatic heterocycles. The number of unbranched alkanes of at least 4 members (excludes halogenated alkanes) is 22. The average molecular weight is 421 g/mol. The summed E-state index contributed by atoms with van der Waals surface area (Å²) in [5, 5.41) is 0. The van der Waals surface area contributed by atoms with E-state index in [2.05, 4.69) is 20.8 Å². The third kappa shape index (κ3) is 26.0. The Morgan fingerprint density at radius 2 is 0.533 bits per heavy atom. The maximum atomic E-state index is 3.92. The van der Waals surface area contributed by atoms with Crippen LogP contribution in [0.2, 0.25) is 0 Å². The standard InChI is InChI=1S/C30H60/c1-4-6-8-10-12-14-15-16-17-18-19-21-23-25-27-29-30(3)28-26-24-22-20-13-11-9-7-5-2/h30H,1-2,4-29H2,3H3. The lowest BCUT2D eigenvalue weighted by Gasteiger charge is -2.11. The van der Waals surface area contributed by atoms with Crippen molar-refractivity contribution in [3.8, 4) is 0 Å². The van der Waals surface area contributed by atoms with E-state index < -0.39 is 0 Å². The van der Waals surface area contributed by atoms with E-state index >= 15 is 0 Å². The van der Waals surface area contributed by atoms with Crippen LogP contribution in [0.25, 0.3) is 0 Å². The molecule has 0 bridgehead atoms. The van der Waals surface area contributed by atoms with E-state index in [0.29, 0.717) is 0 Å². The van der Waals surface area contributed by atoms with Crippen molar-refractivity contribution in [3.63, 3.8) is 0 Å². The van der Waals surface area contributed by atoms with Gasteiger partial charge in [-0.15, -0.1) is 0 Å². The number of hydrogen-bond acceptors (Lipinski definition) is 0. The zero-order valence-corrected chi connectivity index (χ0v) is 21.4. The largest absolute Gasteiger partial charge is 0.0625 e. The first-order valence-electron chi connectivity index (χ1n) is 14.4. The Labute approximate surface area is 193 Å². The van der Waals surface area contributed by atoms with Crippen LogP contribution >= 0.6 is 0 Å². The summed E-state index contributed by atoms with van der Waals surface area (Å²) in [5.74, 6) is 0.959. The molecule has 2 radical (unpaired) electrons. The van der Waals surface area contributed by atoms with Gasteiger partial charge in [0.05, 0.1) is 0 Å². The topological polar surface area (TPSA) is 0 Å². The monoisotopic (exact) mass is 420 g/mol. The van der Waals surface area contributed by atoms with Gasteiger partial charge >= 0.3 is 0 Å². The maximum absolute atomic E-state index is 3.92. The smallest absolute Gasteiger partial charge is 0.0443 e. The summed E-state index contributed by atoms with van der Waals surface area (Å²) < 4.78 is 0. The Balaban J connectivity index is 3.12. The second kappa shape index (κ2) is 27.0. The molecule has 0 saturated carbocycles. The Kier molecular flexibility index (Phi) is 27.0. The van der Waals surface area contributed by atoms with Gasteiger partial charge in [-0.2, -0.15) is 0 Å². The third-order valence-corrected chi connectivity index (χ3v) is 6.89. The summed E-state index contributed by atoms with van der Waals surface area (Å²) in [4.78, 5) is 0. The van der Waals surface area contributed by atoms with Gasteiger partial charge < -0.3 is 0 Å². The summed E-state index contributed by atoms with van der Waals surface area (Å²) in [6.45, 7) is 10.3. The lowest BCUT2D eigenvalue weighted by molar-refractivity contribution is 0.430. The fourth-order valence-corrected chi connectivity index (χ4v) is 4.67. The highest BCUT2D eigenvalue weighted by atomic mass is 14.1. The van der Waals surface area contributed by atoms with Crippen LogP contribution < -0.4 is 0 Å². The lowest BCUT2D eigenvalue weighted by atomic mass is 9.95. The van der Waals surface area contributed by atoms with Gasteiger partial charge in [-0.1, -0.05) is 188 Å². The molecule has 0 aromatic rings. The zero-order chi connectivity index (χ0) is 22.0. The average Bonchev–Trinajstić information content (AvgIpc) is 2.75. The van der Waals surface area contributed by atoms with E-state index in [4.69, 9.17) is 0 Å². The van der Waals surface area contributed by atoms with Crippen LogP contribution in [0.1, 0.15) is 174 Å². The highest BCUT2D eigenvalue weighted by molar-refractivity contribution is 4.56. The van der Waals surface area contributed by atoms with E-state index in [1.807, 2.05) is 0 Å². The summed E-state index contributed by atoms with van der Waals surface area (Å²) in [6.07, 6.45) is 37.0. The molecule has 0 spiro atoms. The van der Waals surface area contributed by atoms with Gasteiger partial charge in [0.1, 0.15) is 0 Å². The molecule has 0 aromatic carbocycles. The van der Waals surface area contributed by atoms with Crippen LogP contribution in [0.5, 0.6) is 0 Å². The van der Waals surface area contributed by atoms with Gasteiger partial charge in [-0.25, -0.2) is 0 Å². The lowest BCUT2D eigenvalue weighted by Crippen LogP contribution is -1.95. The molecule has 0 aromatic heterocycles. The molecular weight excluding hydrogens is 360 g/mol. The van der Waals surface area contributed by atoms with E-state index in [9.17, 15) is 0 Å². The molecule has 30 heavy (non-hydrogen) atoms. The SMILES string of the molecule is [CH2]CCCCCCCCCCCCCCCCC(C)CCCCCCCCCC[CH2]. The van der Waals surface area contributed by atoms with Crippen molar-refractivity contribution in [2.24, 2.45) is 5.92 Å². The van der Waals surface area contributed by atoms with Crippen molar-refractivity contribution in [2.45, 2.75) is 174 Å². The van der Waals surface area contributed by atoms with Gasteiger partial charge in [0.25, 0.3) is 0 Å². The van der Waals surface area contributed by atoms with Gasteiger partial charge in [0, 0.05) is 0 Å². The maximum Gasteiger partial charge on any atom is -0.0443 e. The molecular formula is C30H60. The molecule has 0 fully saturated rings. The summed E-state index contributed by atoms with van der Waals surface area (Å²) >= 11 is 0. The highest BCUT2D eigenvalue weighted by Gasteiger charge is 2.02. The first-order chi connectivity index (χ1) is 14.8. The van der Waals surface area contributed by atoms with E-state index in [-0.39, 0.29) is 0 Å². The van der Waals surface area contributed by atoms with E-state index in [1.165, 1.54) is 154 Å². The van der Waals surface area contributed by atoms with Crippen LogP contribution in [-0.4, -0.2) is 0 Å². The molecule has 0 heterocycles. The molecule has 0 rings (SSSR count). The second-order valence-corrected chi connectivity index (χ2v) is 10.2. The Hall–Kier alpha value is 0. The molecule has 0 aliphatic carbocycles. The molecule has 0 amide bonds. The van der Waals surface area contributed by atoms with Crippen molar-refractivity contribution in [1.82, 2.24) is 0 Å². The highest BCUT2D eigenvalue weighted by Crippen LogP contribution is 2.19. The predicted octanol–water partition coefficient (Wildman–Crippen LogP) is 11.4. The van der Waals surface area contributed by atoms with Crippen molar-refractivity contribution < 1.29 is 0 Å². The van der Waals surface area contributed by atoms with Gasteiger partial charge in [-0.3, -0.25) is 0 Å². The fourth-order valence-electron chi connectivity index (χ4n) is 4.67. The second-order valence-electron chi connectivity index (χ2n) is 10.2. The normalized spacial score (nSPS) is 12.5. The first-order valence-corrected chi connectivity index (χ1v) is 14.4. The van der Waals surface area contributed by atoms with E-state index in [1.54, 1.807) is 0 Å². The van der Waals surface area contributed by atoms with Gasteiger partial charge in [-0.05, 0) is 5.92 Å². The summed E-state index contributed by atoms with van der Waals surface area (Å²) in [7, 11) is 0. The number of hydrogen-bond donors (Lipinski definition) is 0. The minimum atomic E-state index is 0.959. The van der Waals surface area contributed by atoms with Crippen molar-refractivity contribution in [2.75, 3.05) is 0 Å². The molecule has 0 nitrogen and oxygen atoms in total. The van der Waals surface area contributed by atoms with Crippen molar-refractivity contribution in [1.29, 1.82) is 0 Å². The Morgan fingerprint density at radius 3 is 0.767 bits per heavy atom.